The van der Waals surface area contributed by atoms with Gasteiger partial charge in [0.2, 0.25) is 0 Å². The van der Waals surface area contributed by atoms with Gasteiger partial charge in [0.25, 0.3) is 5.91 Å². The van der Waals surface area contributed by atoms with Gasteiger partial charge in [-0.25, -0.2) is 5.01 Å². The second-order valence-corrected chi connectivity index (χ2v) is 4.75. The maximum Gasteiger partial charge on any atom is 0.272 e. The molecule has 1 saturated heterocycles. The predicted molar refractivity (Wildman–Crippen MR) is 73.9 cm³/mol. The number of hydrogen-bond acceptors (Lipinski definition) is 5. The lowest BCUT2D eigenvalue weighted by Gasteiger charge is -2.32. The van der Waals surface area contributed by atoms with E-state index < -0.39 is 0 Å². The Kier molecular flexibility index (Phi) is 4.93. The maximum atomic E-state index is 11.7. The highest BCUT2D eigenvalue weighted by Crippen LogP contribution is 2.11. The fourth-order valence-electron chi connectivity index (χ4n) is 1.90. The molecule has 1 aromatic carbocycles. The first kappa shape index (κ1) is 14.3. The fraction of sp³-hybridized carbons (Fsp3) is 0.429. The molecule has 0 aliphatic carbocycles. The van der Waals surface area contributed by atoms with Crippen molar-refractivity contribution in [3.8, 4) is 11.8 Å². The van der Waals surface area contributed by atoms with Gasteiger partial charge in [-0.1, -0.05) is 0 Å². The van der Waals surface area contributed by atoms with Crippen LogP contribution in [-0.2, 0) is 4.79 Å². The minimum Gasteiger partial charge on any atom is -0.484 e. The van der Waals surface area contributed by atoms with Gasteiger partial charge in [0, 0.05) is 26.2 Å². The van der Waals surface area contributed by atoms with Gasteiger partial charge in [-0.2, -0.15) is 5.26 Å². The standard InChI is InChI=1S/C14H18N4O2/c1-17-6-8-18(9-7-17)16-14(19)11-20-13-4-2-12(10-15)3-5-13/h2-5H,6-9,11H2,1H3,(H,16,19). The van der Waals surface area contributed by atoms with Crippen LogP contribution in [0.15, 0.2) is 24.3 Å². The smallest absolute Gasteiger partial charge is 0.272 e. The summed E-state index contributed by atoms with van der Waals surface area (Å²) in [6, 6.07) is 8.72. The molecule has 106 valence electrons. The number of rotatable bonds is 4. The molecule has 0 radical (unpaired) electrons. The Morgan fingerprint density at radius 3 is 2.55 bits per heavy atom. The van der Waals surface area contributed by atoms with E-state index in [1.165, 1.54) is 0 Å². The molecule has 1 aliphatic rings. The summed E-state index contributed by atoms with van der Waals surface area (Å²) in [4.78, 5) is 14.0. The summed E-state index contributed by atoms with van der Waals surface area (Å²) in [5.74, 6) is 0.413. The molecule has 0 saturated carbocycles. The highest BCUT2D eigenvalue weighted by Gasteiger charge is 2.15. The first-order valence-electron chi connectivity index (χ1n) is 6.53. The van der Waals surface area contributed by atoms with Crippen LogP contribution in [0.4, 0.5) is 0 Å². The molecule has 1 aromatic rings. The highest BCUT2D eigenvalue weighted by molar-refractivity contribution is 5.77. The Balaban J connectivity index is 1.73. The minimum absolute atomic E-state index is 0.0295. The lowest BCUT2D eigenvalue weighted by Crippen LogP contribution is -2.53. The molecule has 0 unspecified atom stereocenters. The molecule has 1 N–H and O–H groups in total. The van der Waals surface area contributed by atoms with Crippen molar-refractivity contribution in [3.05, 3.63) is 29.8 Å². The lowest BCUT2D eigenvalue weighted by atomic mass is 10.2. The van der Waals surface area contributed by atoms with E-state index in [9.17, 15) is 4.79 Å². The van der Waals surface area contributed by atoms with Crippen molar-refractivity contribution in [3.63, 3.8) is 0 Å². The van der Waals surface area contributed by atoms with E-state index in [-0.39, 0.29) is 12.5 Å². The zero-order chi connectivity index (χ0) is 14.4. The summed E-state index contributed by atoms with van der Waals surface area (Å²) >= 11 is 0. The number of carbonyl (C=O) groups excluding carboxylic acids is 1. The van der Waals surface area contributed by atoms with Crippen LogP contribution in [0.2, 0.25) is 0 Å². The van der Waals surface area contributed by atoms with Gasteiger partial charge < -0.3 is 9.64 Å². The highest BCUT2D eigenvalue weighted by atomic mass is 16.5. The zero-order valence-electron chi connectivity index (χ0n) is 11.5. The van der Waals surface area contributed by atoms with Crippen LogP contribution in [0.25, 0.3) is 0 Å². The van der Waals surface area contributed by atoms with Crippen molar-refractivity contribution in [2.45, 2.75) is 0 Å². The SMILES string of the molecule is CN1CCN(NC(=O)COc2ccc(C#N)cc2)CC1. The number of hydrazine groups is 1. The second-order valence-electron chi connectivity index (χ2n) is 4.75. The fourth-order valence-corrected chi connectivity index (χ4v) is 1.90. The molecule has 6 heteroatoms. The average molecular weight is 274 g/mol. The van der Waals surface area contributed by atoms with Gasteiger partial charge >= 0.3 is 0 Å². The van der Waals surface area contributed by atoms with E-state index >= 15 is 0 Å². The number of likely N-dealkylation sites (N-methyl/N-ethyl adjacent to an activating group) is 1. The quantitative estimate of drug-likeness (QED) is 0.850. The topological polar surface area (TPSA) is 68.6 Å². The van der Waals surface area contributed by atoms with E-state index in [0.29, 0.717) is 11.3 Å². The molecule has 0 aromatic heterocycles. The monoisotopic (exact) mass is 274 g/mol. The summed E-state index contributed by atoms with van der Waals surface area (Å²) in [5.41, 5.74) is 3.39. The number of carbonyl (C=O) groups is 1. The molecule has 0 atom stereocenters. The molecule has 1 amide bonds. The summed E-state index contributed by atoms with van der Waals surface area (Å²) < 4.78 is 5.37. The number of benzene rings is 1. The number of nitrogens with one attached hydrogen (secondary N) is 1. The van der Waals surface area contributed by atoms with Crippen molar-refractivity contribution in [2.75, 3.05) is 39.8 Å². The van der Waals surface area contributed by atoms with Gasteiger partial charge in [0.15, 0.2) is 6.61 Å². The Morgan fingerprint density at radius 1 is 1.30 bits per heavy atom. The van der Waals surface area contributed by atoms with E-state index in [4.69, 9.17) is 10.00 Å². The third-order valence-electron chi connectivity index (χ3n) is 3.14. The van der Waals surface area contributed by atoms with E-state index in [1.807, 2.05) is 11.1 Å². The molecular formula is C14H18N4O2. The summed E-state index contributed by atoms with van der Waals surface area (Å²) in [6.07, 6.45) is 0. The maximum absolute atomic E-state index is 11.7. The average Bonchev–Trinajstić information content (AvgIpc) is 2.48. The second kappa shape index (κ2) is 6.89. The van der Waals surface area contributed by atoms with Crippen LogP contribution >= 0.6 is 0 Å². The Hall–Kier alpha value is -2.10. The van der Waals surface area contributed by atoms with E-state index in [1.54, 1.807) is 24.3 Å². The minimum atomic E-state index is -0.168. The van der Waals surface area contributed by atoms with Gasteiger partial charge in [-0.15, -0.1) is 0 Å². The van der Waals surface area contributed by atoms with E-state index in [2.05, 4.69) is 17.4 Å². The molecule has 0 bridgehead atoms. The summed E-state index contributed by atoms with van der Waals surface area (Å²) in [5, 5.41) is 10.6. The molecule has 20 heavy (non-hydrogen) atoms. The third-order valence-corrected chi connectivity index (χ3v) is 3.14. The summed E-state index contributed by atoms with van der Waals surface area (Å²) in [6.45, 7) is 3.49. The normalized spacial score (nSPS) is 16.4. The van der Waals surface area contributed by atoms with Gasteiger partial charge in [0.05, 0.1) is 11.6 Å². The largest absolute Gasteiger partial charge is 0.484 e. The molecular weight excluding hydrogens is 256 g/mol. The summed E-state index contributed by atoms with van der Waals surface area (Å²) in [7, 11) is 2.06. The number of piperazine rings is 1. The van der Waals surface area contributed by atoms with Gasteiger partial charge in [-0.3, -0.25) is 10.2 Å². The first-order valence-corrected chi connectivity index (χ1v) is 6.53. The van der Waals surface area contributed by atoms with Crippen LogP contribution in [0.5, 0.6) is 5.75 Å². The lowest BCUT2D eigenvalue weighted by molar-refractivity contribution is -0.128. The van der Waals surface area contributed by atoms with Gasteiger partial charge in [0.1, 0.15) is 5.75 Å². The Morgan fingerprint density at radius 2 is 1.95 bits per heavy atom. The van der Waals surface area contributed by atoms with Crippen molar-refractivity contribution >= 4 is 5.91 Å². The van der Waals surface area contributed by atoms with Crippen molar-refractivity contribution in [2.24, 2.45) is 0 Å². The van der Waals surface area contributed by atoms with Crippen molar-refractivity contribution < 1.29 is 9.53 Å². The van der Waals surface area contributed by atoms with Crippen LogP contribution in [0.3, 0.4) is 0 Å². The Bertz CT molecular complexity index is 487. The number of amides is 1. The molecule has 2 rings (SSSR count). The zero-order valence-corrected chi connectivity index (χ0v) is 11.5. The van der Waals surface area contributed by atoms with Crippen LogP contribution < -0.4 is 10.2 Å². The van der Waals surface area contributed by atoms with Gasteiger partial charge in [-0.05, 0) is 31.3 Å². The molecule has 1 fully saturated rings. The Labute approximate surface area is 118 Å². The van der Waals surface area contributed by atoms with Crippen LogP contribution in [0, 0.1) is 11.3 Å². The van der Waals surface area contributed by atoms with Crippen molar-refractivity contribution in [1.29, 1.82) is 5.26 Å². The third kappa shape index (κ3) is 4.23. The molecule has 0 spiro atoms. The van der Waals surface area contributed by atoms with Crippen molar-refractivity contribution in [1.82, 2.24) is 15.3 Å². The number of ether oxygens (including phenoxy) is 1. The number of nitriles is 1. The predicted octanol–water partition coefficient (Wildman–Crippen LogP) is 0.216. The molecule has 6 nitrogen and oxygen atoms in total. The first-order chi connectivity index (χ1) is 9.67. The molecule has 1 aliphatic heterocycles. The molecule has 1 heterocycles. The van der Waals surface area contributed by atoms with E-state index in [0.717, 1.165) is 26.2 Å². The number of nitrogens with zero attached hydrogens (tertiary/aromatic N) is 3. The number of hydrogen-bond donors (Lipinski definition) is 1. The van der Waals surface area contributed by atoms with Crippen LogP contribution in [0.1, 0.15) is 5.56 Å². The van der Waals surface area contributed by atoms with Crippen LogP contribution in [-0.4, -0.2) is 55.6 Å².